The quantitative estimate of drug-likeness (QED) is 0.874. The fraction of sp³-hybridized carbons (Fsp3) is 0.250. The highest BCUT2D eigenvalue weighted by Gasteiger charge is 2.43. The summed E-state index contributed by atoms with van der Waals surface area (Å²) < 4.78 is 13.9. The van der Waals surface area contributed by atoms with Gasteiger partial charge >= 0.3 is 0 Å². The molecule has 0 amide bonds. The SMILES string of the molecule is NCC1(c2ccc(F)c(-c3ccccc3)c2)CC1. The van der Waals surface area contributed by atoms with Gasteiger partial charge in [0.1, 0.15) is 5.82 Å². The molecule has 92 valence electrons. The second kappa shape index (κ2) is 4.21. The maximum Gasteiger partial charge on any atom is 0.131 e. The van der Waals surface area contributed by atoms with E-state index >= 15 is 0 Å². The van der Waals surface area contributed by atoms with Gasteiger partial charge in [0.15, 0.2) is 0 Å². The highest BCUT2D eigenvalue weighted by atomic mass is 19.1. The fourth-order valence-corrected chi connectivity index (χ4v) is 2.46. The first kappa shape index (κ1) is 11.4. The second-order valence-electron chi connectivity index (χ2n) is 5.05. The molecule has 0 atom stereocenters. The van der Waals surface area contributed by atoms with E-state index in [1.807, 2.05) is 42.5 Å². The number of halogens is 1. The number of hydrogen-bond acceptors (Lipinski definition) is 1. The molecule has 1 aliphatic carbocycles. The Hall–Kier alpha value is -1.67. The van der Waals surface area contributed by atoms with Crippen LogP contribution in [0.25, 0.3) is 11.1 Å². The molecule has 18 heavy (non-hydrogen) atoms. The van der Waals surface area contributed by atoms with E-state index in [4.69, 9.17) is 5.73 Å². The molecule has 2 N–H and O–H groups in total. The molecular weight excluding hydrogens is 225 g/mol. The maximum absolute atomic E-state index is 13.9. The van der Waals surface area contributed by atoms with Crippen LogP contribution in [0.1, 0.15) is 18.4 Å². The zero-order valence-electron chi connectivity index (χ0n) is 10.2. The molecule has 0 aromatic heterocycles. The highest BCUT2D eigenvalue weighted by molar-refractivity contribution is 5.65. The number of rotatable bonds is 3. The molecule has 0 radical (unpaired) electrons. The molecule has 2 heteroatoms. The summed E-state index contributed by atoms with van der Waals surface area (Å²) in [4.78, 5) is 0. The maximum atomic E-state index is 13.9. The topological polar surface area (TPSA) is 26.0 Å². The van der Waals surface area contributed by atoms with E-state index < -0.39 is 0 Å². The Morgan fingerprint density at radius 3 is 2.39 bits per heavy atom. The highest BCUT2D eigenvalue weighted by Crippen LogP contribution is 2.48. The summed E-state index contributed by atoms with van der Waals surface area (Å²) in [5.41, 5.74) is 8.71. The van der Waals surface area contributed by atoms with Gasteiger partial charge in [0, 0.05) is 17.5 Å². The van der Waals surface area contributed by atoms with Gasteiger partial charge in [-0.25, -0.2) is 4.39 Å². The van der Waals surface area contributed by atoms with E-state index in [0.717, 1.165) is 18.4 Å². The number of hydrogen-bond donors (Lipinski definition) is 1. The molecule has 0 saturated heterocycles. The Balaban J connectivity index is 2.07. The zero-order valence-corrected chi connectivity index (χ0v) is 10.2. The van der Waals surface area contributed by atoms with Gasteiger partial charge in [-0.05, 0) is 36.1 Å². The molecule has 0 unspecified atom stereocenters. The molecule has 1 saturated carbocycles. The van der Waals surface area contributed by atoms with Crippen molar-refractivity contribution in [2.24, 2.45) is 5.73 Å². The average molecular weight is 241 g/mol. The molecular formula is C16H16FN. The van der Waals surface area contributed by atoms with Crippen LogP contribution in [0.5, 0.6) is 0 Å². The van der Waals surface area contributed by atoms with E-state index in [0.29, 0.717) is 12.1 Å². The molecule has 1 aliphatic rings. The van der Waals surface area contributed by atoms with Crippen LogP contribution in [0.15, 0.2) is 48.5 Å². The Labute approximate surface area is 106 Å². The minimum atomic E-state index is -0.169. The molecule has 1 nitrogen and oxygen atoms in total. The molecule has 0 bridgehead atoms. The fourth-order valence-electron chi connectivity index (χ4n) is 2.46. The summed E-state index contributed by atoms with van der Waals surface area (Å²) in [5.74, 6) is -0.169. The summed E-state index contributed by atoms with van der Waals surface area (Å²) in [5, 5.41) is 0. The third kappa shape index (κ3) is 1.83. The summed E-state index contributed by atoms with van der Waals surface area (Å²) >= 11 is 0. The normalized spacial score (nSPS) is 16.6. The van der Waals surface area contributed by atoms with Crippen molar-refractivity contribution in [3.05, 3.63) is 59.9 Å². The lowest BCUT2D eigenvalue weighted by Crippen LogP contribution is -2.19. The minimum Gasteiger partial charge on any atom is -0.330 e. The van der Waals surface area contributed by atoms with Crippen molar-refractivity contribution in [1.82, 2.24) is 0 Å². The second-order valence-corrected chi connectivity index (χ2v) is 5.05. The summed E-state index contributed by atoms with van der Waals surface area (Å²) in [6, 6.07) is 15.1. The molecule has 0 heterocycles. The van der Waals surface area contributed by atoms with Crippen molar-refractivity contribution < 1.29 is 4.39 Å². The minimum absolute atomic E-state index is 0.108. The van der Waals surface area contributed by atoms with Crippen molar-refractivity contribution in [2.45, 2.75) is 18.3 Å². The van der Waals surface area contributed by atoms with Crippen LogP contribution < -0.4 is 5.73 Å². The lowest BCUT2D eigenvalue weighted by molar-refractivity contribution is 0.627. The van der Waals surface area contributed by atoms with Crippen molar-refractivity contribution in [3.63, 3.8) is 0 Å². The summed E-state index contributed by atoms with van der Waals surface area (Å²) in [7, 11) is 0. The van der Waals surface area contributed by atoms with Crippen LogP contribution >= 0.6 is 0 Å². The van der Waals surface area contributed by atoms with Gasteiger partial charge in [-0.1, -0.05) is 36.4 Å². The molecule has 1 fully saturated rings. The molecule has 2 aromatic carbocycles. The first-order valence-corrected chi connectivity index (χ1v) is 6.31. The Kier molecular flexibility index (Phi) is 2.67. The van der Waals surface area contributed by atoms with Crippen LogP contribution in [0.2, 0.25) is 0 Å². The van der Waals surface area contributed by atoms with Crippen molar-refractivity contribution in [1.29, 1.82) is 0 Å². The standard InChI is InChI=1S/C16H16FN/c17-15-7-6-13(16(11-18)8-9-16)10-14(15)12-4-2-1-3-5-12/h1-7,10H,8-9,11,18H2. The van der Waals surface area contributed by atoms with Gasteiger partial charge in [-0.3, -0.25) is 0 Å². The molecule has 0 spiro atoms. The van der Waals surface area contributed by atoms with Crippen LogP contribution in [0.3, 0.4) is 0 Å². The summed E-state index contributed by atoms with van der Waals surface area (Å²) in [6.07, 6.45) is 2.23. The van der Waals surface area contributed by atoms with Gasteiger partial charge in [0.05, 0.1) is 0 Å². The zero-order chi connectivity index (χ0) is 12.6. The van der Waals surface area contributed by atoms with Crippen LogP contribution in [-0.4, -0.2) is 6.54 Å². The average Bonchev–Trinajstić information content (AvgIpc) is 3.21. The largest absolute Gasteiger partial charge is 0.330 e. The third-order valence-electron chi connectivity index (χ3n) is 3.91. The van der Waals surface area contributed by atoms with Crippen molar-refractivity contribution in [2.75, 3.05) is 6.54 Å². The molecule has 2 aromatic rings. The Morgan fingerprint density at radius 1 is 1.06 bits per heavy atom. The summed E-state index contributed by atoms with van der Waals surface area (Å²) in [6.45, 7) is 0.646. The first-order chi connectivity index (χ1) is 8.75. The first-order valence-electron chi connectivity index (χ1n) is 6.31. The Morgan fingerprint density at radius 2 is 1.78 bits per heavy atom. The van der Waals surface area contributed by atoms with Crippen LogP contribution in [0, 0.1) is 5.82 Å². The number of benzene rings is 2. The van der Waals surface area contributed by atoms with Crippen LogP contribution in [0.4, 0.5) is 4.39 Å². The lowest BCUT2D eigenvalue weighted by atomic mass is 9.92. The smallest absolute Gasteiger partial charge is 0.131 e. The lowest BCUT2D eigenvalue weighted by Gasteiger charge is -2.14. The van der Waals surface area contributed by atoms with Gasteiger partial charge in [-0.15, -0.1) is 0 Å². The van der Waals surface area contributed by atoms with E-state index in [2.05, 4.69) is 0 Å². The molecule has 3 rings (SSSR count). The number of nitrogens with two attached hydrogens (primary N) is 1. The van der Waals surface area contributed by atoms with Gasteiger partial charge < -0.3 is 5.73 Å². The van der Waals surface area contributed by atoms with Crippen LogP contribution in [-0.2, 0) is 5.41 Å². The van der Waals surface area contributed by atoms with Crippen molar-refractivity contribution >= 4 is 0 Å². The predicted molar refractivity (Wildman–Crippen MR) is 71.8 cm³/mol. The third-order valence-corrected chi connectivity index (χ3v) is 3.91. The van der Waals surface area contributed by atoms with E-state index in [-0.39, 0.29) is 11.2 Å². The molecule has 0 aliphatic heterocycles. The van der Waals surface area contributed by atoms with E-state index in [9.17, 15) is 4.39 Å². The van der Waals surface area contributed by atoms with Crippen molar-refractivity contribution in [3.8, 4) is 11.1 Å². The predicted octanol–water partition coefficient (Wildman–Crippen LogP) is 3.48. The van der Waals surface area contributed by atoms with E-state index in [1.165, 1.54) is 5.56 Å². The van der Waals surface area contributed by atoms with E-state index in [1.54, 1.807) is 6.07 Å². The van der Waals surface area contributed by atoms with Gasteiger partial charge in [0.25, 0.3) is 0 Å². The monoisotopic (exact) mass is 241 g/mol. The van der Waals surface area contributed by atoms with Gasteiger partial charge in [-0.2, -0.15) is 0 Å². The van der Waals surface area contributed by atoms with Gasteiger partial charge in [0.2, 0.25) is 0 Å². The Bertz CT molecular complexity index is 559.